The van der Waals surface area contributed by atoms with Crippen LogP contribution in [0.5, 0.6) is 0 Å². The second-order valence-corrected chi connectivity index (χ2v) is 5.16. The quantitative estimate of drug-likeness (QED) is 0.841. The lowest BCUT2D eigenvalue weighted by atomic mass is 10.1. The molecule has 0 saturated heterocycles. The van der Waals surface area contributed by atoms with Crippen molar-refractivity contribution >= 4 is 17.2 Å². The topological polar surface area (TPSA) is 29.1 Å². The van der Waals surface area contributed by atoms with E-state index in [4.69, 9.17) is 0 Å². The highest BCUT2D eigenvalue weighted by molar-refractivity contribution is 5.75. The van der Waals surface area contributed by atoms with Crippen molar-refractivity contribution in [3.05, 3.63) is 60.7 Å². The molecule has 20 heavy (non-hydrogen) atoms. The lowest BCUT2D eigenvalue weighted by Gasteiger charge is -2.04. The lowest BCUT2D eigenvalue weighted by Crippen LogP contribution is -1.95. The van der Waals surface area contributed by atoms with Crippen molar-refractivity contribution in [2.24, 2.45) is 5.92 Å². The fraction of sp³-hybridized carbons (Fsp3) is 0.278. The van der Waals surface area contributed by atoms with Crippen LogP contribution >= 0.6 is 0 Å². The second kappa shape index (κ2) is 8.92. The standard InChI is InChI=1S/C12H11N.C6H12O/c1-3-7-11(8-4-1)13-12-9-5-2-6-10-12;1-5(2)4-6(3)7/h1-10,13H;5H,4H2,1-3H3. The smallest absolute Gasteiger partial charge is 0.130 e. The molecule has 0 bridgehead atoms. The van der Waals surface area contributed by atoms with Gasteiger partial charge in [0.2, 0.25) is 0 Å². The van der Waals surface area contributed by atoms with Gasteiger partial charge in [-0.15, -0.1) is 0 Å². The summed E-state index contributed by atoms with van der Waals surface area (Å²) < 4.78 is 0. The molecule has 0 fully saturated rings. The molecule has 0 unspecified atom stereocenters. The number of Topliss-reactive ketones (excluding diaryl/α,β-unsaturated/α-hetero) is 1. The van der Waals surface area contributed by atoms with Crippen molar-refractivity contribution < 1.29 is 4.79 Å². The van der Waals surface area contributed by atoms with Gasteiger partial charge in [0.15, 0.2) is 0 Å². The van der Waals surface area contributed by atoms with Crippen LogP contribution in [0.15, 0.2) is 60.7 Å². The van der Waals surface area contributed by atoms with E-state index in [0.29, 0.717) is 5.92 Å². The van der Waals surface area contributed by atoms with Crippen LogP contribution in [0.25, 0.3) is 0 Å². The van der Waals surface area contributed by atoms with Gasteiger partial charge < -0.3 is 10.1 Å². The molecule has 0 spiro atoms. The van der Waals surface area contributed by atoms with E-state index in [1.165, 1.54) is 0 Å². The second-order valence-electron chi connectivity index (χ2n) is 5.16. The number of nitrogens with one attached hydrogen (secondary N) is 1. The van der Waals surface area contributed by atoms with Gasteiger partial charge in [0.25, 0.3) is 0 Å². The normalized spacial score (nSPS) is 9.60. The van der Waals surface area contributed by atoms with Gasteiger partial charge in [-0.3, -0.25) is 0 Å². The van der Waals surface area contributed by atoms with Gasteiger partial charge in [-0.1, -0.05) is 50.2 Å². The van der Waals surface area contributed by atoms with E-state index in [0.717, 1.165) is 17.8 Å². The summed E-state index contributed by atoms with van der Waals surface area (Å²) in [6.07, 6.45) is 0.722. The summed E-state index contributed by atoms with van der Waals surface area (Å²) in [5.41, 5.74) is 2.24. The van der Waals surface area contributed by atoms with Crippen LogP contribution in [0, 0.1) is 5.92 Å². The Labute approximate surface area is 121 Å². The zero-order valence-electron chi connectivity index (χ0n) is 12.5. The summed E-state index contributed by atoms with van der Waals surface area (Å²) in [5.74, 6) is 0.813. The van der Waals surface area contributed by atoms with E-state index in [9.17, 15) is 4.79 Å². The van der Waals surface area contributed by atoms with Gasteiger partial charge in [0.05, 0.1) is 0 Å². The number of carbonyl (C=O) groups excluding carboxylic acids is 1. The Morgan fingerprint density at radius 3 is 1.55 bits per heavy atom. The van der Waals surface area contributed by atoms with Gasteiger partial charge in [-0.05, 0) is 37.1 Å². The summed E-state index contributed by atoms with van der Waals surface area (Å²) in [4.78, 5) is 10.3. The molecule has 2 aromatic carbocycles. The van der Waals surface area contributed by atoms with Gasteiger partial charge in [0, 0.05) is 17.8 Å². The first-order valence-corrected chi connectivity index (χ1v) is 6.94. The number of rotatable bonds is 4. The third-order valence-corrected chi connectivity index (χ3v) is 2.53. The molecule has 0 heterocycles. The Hall–Kier alpha value is -2.09. The Morgan fingerprint density at radius 1 is 0.900 bits per heavy atom. The van der Waals surface area contributed by atoms with E-state index < -0.39 is 0 Å². The lowest BCUT2D eigenvalue weighted by molar-refractivity contribution is -0.117. The first-order chi connectivity index (χ1) is 9.58. The maximum absolute atomic E-state index is 10.3. The van der Waals surface area contributed by atoms with Crippen LogP contribution in [0.3, 0.4) is 0 Å². The highest BCUT2D eigenvalue weighted by Crippen LogP contribution is 2.14. The van der Waals surface area contributed by atoms with E-state index in [1.54, 1.807) is 6.92 Å². The van der Waals surface area contributed by atoms with Crippen LogP contribution in [0.1, 0.15) is 27.2 Å². The minimum absolute atomic E-state index is 0.287. The molecular formula is C18H23NO. The van der Waals surface area contributed by atoms with Gasteiger partial charge in [0.1, 0.15) is 5.78 Å². The Morgan fingerprint density at radius 2 is 1.30 bits per heavy atom. The number of carbonyl (C=O) groups is 1. The minimum atomic E-state index is 0.287. The third-order valence-electron chi connectivity index (χ3n) is 2.53. The average molecular weight is 269 g/mol. The first-order valence-electron chi connectivity index (χ1n) is 6.94. The number of ketones is 1. The molecule has 0 radical (unpaired) electrons. The zero-order chi connectivity index (χ0) is 14.8. The number of anilines is 2. The first kappa shape index (κ1) is 16.0. The summed E-state index contributed by atoms with van der Waals surface area (Å²) in [5, 5.41) is 3.30. The molecule has 0 aliphatic rings. The van der Waals surface area contributed by atoms with Crippen LogP contribution in [-0.4, -0.2) is 5.78 Å². The number of hydrogen-bond donors (Lipinski definition) is 1. The van der Waals surface area contributed by atoms with Crippen molar-refractivity contribution in [1.29, 1.82) is 0 Å². The maximum Gasteiger partial charge on any atom is 0.130 e. The Kier molecular flexibility index (Phi) is 7.12. The van der Waals surface area contributed by atoms with Crippen molar-refractivity contribution in [3.8, 4) is 0 Å². The highest BCUT2D eigenvalue weighted by atomic mass is 16.1. The SMILES string of the molecule is CC(=O)CC(C)C.c1ccc(Nc2ccccc2)cc1. The molecule has 0 aromatic heterocycles. The van der Waals surface area contributed by atoms with Gasteiger partial charge in [-0.25, -0.2) is 0 Å². The maximum atomic E-state index is 10.3. The molecule has 2 rings (SSSR count). The molecule has 2 nitrogen and oxygen atoms in total. The van der Waals surface area contributed by atoms with E-state index in [1.807, 2.05) is 74.5 Å². The number of hydrogen-bond acceptors (Lipinski definition) is 2. The summed E-state index contributed by atoms with van der Waals surface area (Å²) >= 11 is 0. The molecule has 1 N–H and O–H groups in total. The molecular weight excluding hydrogens is 246 g/mol. The van der Waals surface area contributed by atoms with Crippen molar-refractivity contribution in [1.82, 2.24) is 0 Å². The summed E-state index contributed by atoms with van der Waals surface area (Å²) in [7, 11) is 0. The summed E-state index contributed by atoms with van der Waals surface area (Å²) in [6.45, 7) is 5.71. The van der Waals surface area contributed by atoms with Crippen molar-refractivity contribution in [2.45, 2.75) is 27.2 Å². The molecule has 0 saturated carbocycles. The fourth-order valence-corrected chi connectivity index (χ4v) is 1.78. The van der Waals surface area contributed by atoms with E-state index in [-0.39, 0.29) is 5.78 Å². The average Bonchev–Trinajstić information content (AvgIpc) is 2.40. The zero-order valence-corrected chi connectivity index (χ0v) is 12.5. The number of benzene rings is 2. The molecule has 0 atom stereocenters. The van der Waals surface area contributed by atoms with Crippen LogP contribution in [0.4, 0.5) is 11.4 Å². The molecule has 2 aromatic rings. The molecule has 0 aliphatic carbocycles. The largest absolute Gasteiger partial charge is 0.356 e. The van der Waals surface area contributed by atoms with Crippen molar-refractivity contribution in [3.63, 3.8) is 0 Å². The fourth-order valence-electron chi connectivity index (χ4n) is 1.78. The van der Waals surface area contributed by atoms with Crippen LogP contribution < -0.4 is 5.32 Å². The van der Waals surface area contributed by atoms with Gasteiger partial charge in [-0.2, -0.15) is 0 Å². The predicted molar refractivity (Wildman–Crippen MR) is 86.3 cm³/mol. The minimum Gasteiger partial charge on any atom is -0.356 e. The Bertz CT molecular complexity index is 454. The summed E-state index contributed by atoms with van der Waals surface area (Å²) in [6, 6.07) is 20.3. The molecule has 0 amide bonds. The Balaban J connectivity index is 0.000000246. The van der Waals surface area contributed by atoms with Crippen molar-refractivity contribution in [2.75, 3.05) is 5.32 Å². The predicted octanol–water partition coefficient (Wildman–Crippen LogP) is 5.05. The number of para-hydroxylation sites is 2. The van der Waals surface area contributed by atoms with E-state index >= 15 is 0 Å². The molecule has 2 heteroatoms. The van der Waals surface area contributed by atoms with Crippen LogP contribution in [-0.2, 0) is 4.79 Å². The van der Waals surface area contributed by atoms with Gasteiger partial charge >= 0.3 is 0 Å². The van der Waals surface area contributed by atoms with Crippen LogP contribution in [0.2, 0.25) is 0 Å². The third kappa shape index (κ3) is 7.37. The highest BCUT2D eigenvalue weighted by Gasteiger charge is 1.95. The monoisotopic (exact) mass is 269 g/mol. The molecule has 106 valence electrons. The van der Waals surface area contributed by atoms with E-state index in [2.05, 4.69) is 5.32 Å². The molecule has 0 aliphatic heterocycles.